The molecule has 1 aromatic carbocycles. The molecule has 4 heteroatoms. The number of likely N-dealkylation sites (N-methyl/N-ethyl adjacent to an activating group) is 1. The van der Waals surface area contributed by atoms with Crippen LogP contribution in [0, 0.1) is 11.3 Å². The highest BCUT2D eigenvalue weighted by atomic mass is 32.2. The second-order valence-corrected chi connectivity index (χ2v) is 4.00. The molecule has 0 spiro atoms. The van der Waals surface area contributed by atoms with Crippen molar-refractivity contribution in [3.63, 3.8) is 0 Å². The minimum Gasteiger partial charge on any atom is -0.491 e. The highest BCUT2D eigenvalue weighted by Gasteiger charge is 2.07. The first-order chi connectivity index (χ1) is 7.83. The van der Waals surface area contributed by atoms with Crippen LogP contribution in [0.25, 0.3) is 0 Å². The van der Waals surface area contributed by atoms with E-state index in [0.717, 1.165) is 18.0 Å². The van der Waals surface area contributed by atoms with Crippen LogP contribution in [0.5, 0.6) is 5.75 Å². The summed E-state index contributed by atoms with van der Waals surface area (Å²) >= 11 is 1.56. The SMILES string of the molecule is CCNCCOc1cccc(SC)c1C#N. The van der Waals surface area contributed by atoms with Crippen LogP contribution in [0.15, 0.2) is 23.1 Å². The predicted molar refractivity (Wildman–Crippen MR) is 67.0 cm³/mol. The second kappa shape index (κ2) is 7.15. The number of ether oxygens (including phenoxy) is 1. The highest BCUT2D eigenvalue weighted by Crippen LogP contribution is 2.27. The molecule has 0 fully saturated rings. The molecule has 0 aliphatic heterocycles. The van der Waals surface area contributed by atoms with E-state index in [1.807, 2.05) is 24.5 Å². The van der Waals surface area contributed by atoms with Gasteiger partial charge in [-0.1, -0.05) is 13.0 Å². The lowest BCUT2D eigenvalue weighted by atomic mass is 10.2. The van der Waals surface area contributed by atoms with Crippen LogP contribution in [0.2, 0.25) is 0 Å². The lowest BCUT2D eigenvalue weighted by Gasteiger charge is -2.09. The van der Waals surface area contributed by atoms with Gasteiger partial charge in [-0.05, 0) is 24.9 Å². The molecule has 3 nitrogen and oxygen atoms in total. The predicted octanol–water partition coefficient (Wildman–Crippen LogP) is 2.27. The molecule has 1 rings (SSSR count). The summed E-state index contributed by atoms with van der Waals surface area (Å²) in [6.45, 7) is 4.36. The Morgan fingerprint density at radius 1 is 1.50 bits per heavy atom. The van der Waals surface area contributed by atoms with E-state index in [1.54, 1.807) is 11.8 Å². The summed E-state index contributed by atoms with van der Waals surface area (Å²) in [5.41, 5.74) is 0.631. The standard InChI is InChI=1S/C12H16N2OS/c1-3-14-7-8-15-11-5-4-6-12(16-2)10(11)9-13/h4-6,14H,3,7-8H2,1-2H3. The van der Waals surface area contributed by atoms with Crippen molar-refractivity contribution < 1.29 is 4.74 Å². The zero-order valence-electron chi connectivity index (χ0n) is 9.62. The monoisotopic (exact) mass is 236 g/mol. The Kier molecular flexibility index (Phi) is 5.76. The van der Waals surface area contributed by atoms with Crippen molar-refractivity contribution in [2.45, 2.75) is 11.8 Å². The first-order valence-corrected chi connectivity index (χ1v) is 6.46. The van der Waals surface area contributed by atoms with Gasteiger partial charge in [-0.25, -0.2) is 0 Å². The summed E-state index contributed by atoms with van der Waals surface area (Å²) < 4.78 is 5.57. The fourth-order valence-electron chi connectivity index (χ4n) is 1.32. The van der Waals surface area contributed by atoms with Crippen molar-refractivity contribution in [3.8, 4) is 11.8 Å². The van der Waals surface area contributed by atoms with Crippen LogP contribution in [-0.2, 0) is 0 Å². The van der Waals surface area contributed by atoms with Crippen molar-refractivity contribution in [1.82, 2.24) is 5.32 Å². The maximum atomic E-state index is 9.07. The topological polar surface area (TPSA) is 45.0 Å². The van der Waals surface area contributed by atoms with E-state index < -0.39 is 0 Å². The molecule has 86 valence electrons. The second-order valence-electron chi connectivity index (χ2n) is 3.15. The van der Waals surface area contributed by atoms with Gasteiger partial charge >= 0.3 is 0 Å². The smallest absolute Gasteiger partial charge is 0.138 e. The molecular formula is C12H16N2OS. The average Bonchev–Trinajstić information content (AvgIpc) is 2.34. The third-order valence-electron chi connectivity index (χ3n) is 2.11. The molecule has 1 aromatic rings. The van der Waals surface area contributed by atoms with E-state index in [2.05, 4.69) is 18.3 Å². The third kappa shape index (κ3) is 3.44. The number of rotatable bonds is 6. The van der Waals surface area contributed by atoms with E-state index in [9.17, 15) is 0 Å². The van der Waals surface area contributed by atoms with E-state index >= 15 is 0 Å². The van der Waals surface area contributed by atoms with Crippen LogP contribution < -0.4 is 10.1 Å². The minimum absolute atomic E-state index is 0.584. The normalized spacial score (nSPS) is 9.81. The van der Waals surface area contributed by atoms with Crippen LogP contribution in [-0.4, -0.2) is 26.0 Å². The first kappa shape index (κ1) is 12.9. The van der Waals surface area contributed by atoms with E-state index in [1.165, 1.54) is 0 Å². The molecule has 0 unspecified atom stereocenters. The first-order valence-electron chi connectivity index (χ1n) is 5.24. The number of hydrogen-bond acceptors (Lipinski definition) is 4. The fourth-order valence-corrected chi connectivity index (χ4v) is 1.89. The molecule has 0 heterocycles. The van der Waals surface area contributed by atoms with Gasteiger partial charge in [0, 0.05) is 11.4 Å². The number of benzene rings is 1. The molecule has 0 bridgehead atoms. The van der Waals surface area contributed by atoms with Gasteiger partial charge in [0.1, 0.15) is 24.0 Å². The molecule has 0 aliphatic rings. The van der Waals surface area contributed by atoms with Crippen molar-refractivity contribution in [3.05, 3.63) is 23.8 Å². The molecule has 0 aliphatic carbocycles. The summed E-state index contributed by atoms with van der Waals surface area (Å²) in [5, 5.41) is 12.2. The van der Waals surface area contributed by atoms with Crippen molar-refractivity contribution in [1.29, 1.82) is 5.26 Å². The van der Waals surface area contributed by atoms with E-state index in [0.29, 0.717) is 17.9 Å². The minimum atomic E-state index is 0.584. The fraction of sp³-hybridized carbons (Fsp3) is 0.417. The van der Waals surface area contributed by atoms with Gasteiger partial charge in [-0.3, -0.25) is 0 Å². The largest absolute Gasteiger partial charge is 0.491 e. The van der Waals surface area contributed by atoms with Crippen LogP contribution in [0.4, 0.5) is 0 Å². The lowest BCUT2D eigenvalue weighted by molar-refractivity contribution is 0.314. The van der Waals surface area contributed by atoms with Gasteiger partial charge in [0.15, 0.2) is 0 Å². The van der Waals surface area contributed by atoms with Crippen molar-refractivity contribution in [2.24, 2.45) is 0 Å². The Morgan fingerprint density at radius 2 is 2.31 bits per heavy atom. The van der Waals surface area contributed by atoms with E-state index in [-0.39, 0.29) is 0 Å². The zero-order chi connectivity index (χ0) is 11.8. The molecule has 0 aromatic heterocycles. The van der Waals surface area contributed by atoms with Gasteiger partial charge in [-0.2, -0.15) is 5.26 Å². The molecule has 0 amide bonds. The van der Waals surface area contributed by atoms with Gasteiger partial charge in [-0.15, -0.1) is 11.8 Å². The number of nitrogens with zero attached hydrogens (tertiary/aromatic N) is 1. The number of nitrogens with one attached hydrogen (secondary N) is 1. The number of thioether (sulfide) groups is 1. The van der Waals surface area contributed by atoms with Crippen molar-refractivity contribution >= 4 is 11.8 Å². The Hall–Kier alpha value is -1.18. The molecule has 1 N–H and O–H groups in total. The molecule has 0 radical (unpaired) electrons. The Morgan fingerprint density at radius 3 is 2.94 bits per heavy atom. The molecule has 0 saturated carbocycles. The van der Waals surface area contributed by atoms with Gasteiger partial charge in [0.05, 0.1) is 0 Å². The molecule has 16 heavy (non-hydrogen) atoms. The van der Waals surface area contributed by atoms with E-state index in [4.69, 9.17) is 10.00 Å². The third-order valence-corrected chi connectivity index (χ3v) is 2.89. The number of nitriles is 1. The van der Waals surface area contributed by atoms with Gasteiger partial charge < -0.3 is 10.1 Å². The summed E-state index contributed by atoms with van der Waals surface area (Å²) in [5.74, 6) is 0.673. The van der Waals surface area contributed by atoms with Crippen LogP contribution in [0.1, 0.15) is 12.5 Å². The maximum Gasteiger partial charge on any atom is 0.138 e. The Balaban J connectivity index is 2.68. The summed E-state index contributed by atoms with van der Waals surface area (Å²) in [6, 6.07) is 7.87. The average molecular weight is 236 g/mol. The van der Waals surface area contributed by atoms with Gasteiger partial charge in [0.2, 0.25) is 0 Å². The Labute approximate surface area is 101 Å². The van der Waals surface area contributed by atoms with Crippen LogP contribution in [0.3, 0.4) is 0 Å². The lowest BCUT2D eigenvalue weighted by Crippen LogP contribution is -2.20. The van der Waals surface area contributed by atoms with Crippen LogP contribution >= 0.6 is 11.8 Å². The number of hydrogen-bond donors (Lipinski definition) is 1. The molecular weight excluding hydrogens is 220 g/mol. The highest BCUT2D eigenvalue weighted by molar-refractivity contribution is 7.98. The van der Waals surface area contributed by atoms with Crippen molar-refractivity contribution in [2.75, 3.05) is 26.0 Å². The maximum absolute atomic E-state index is 9.07. The molecule has 0 atom stereocenters. The quantitative estimate of drug-likeness (QED) is 0.608. The summed E-state index contributed by atoms with van der Waals surface area (Å²) in [7, 11) is 0. The molecule has 0 saturated heterocycles. The zero-order valence-corrected chi connectivity index (χ0v) is 10.4. The summed E-state index contributed by atoms with van der Waals surface area (Å²) in [4.78, 5) is 0.962. The summed E-state index contributed by atoms with van der Waals surface area (Å²) in [6.07, 6.45) is 1.96. The Bertz CT molecular complexity index is 374. The van der Waals surface area contributed by atoms with Gasteiger partial charge in [0.25, 0.3) is 0 Å².